The Hall–Kier alpha value is -2.61. The molecule has 2 aromatic rings. The first-order valence-electron chi connectivity index (χ1n) is 6.94. The molecule has 3 heterocycles. The molecule has 0 spiro atoms. The van der Waals surface area contributed by atoms with Crippen LogP contribution in [0.25, 0.3) is 0 Å². The van der Waals surface area contributed by atoms with Gasteiger partial charge in [-0.2, -0.15) is 5.26 Å². The van der Waals surface area contributed by atoms with Gasteiger partial charge in [0.05, 0.1) is 24.0 Å². The smallest absolute Gasteiger partial charge is 0.138 e. The van der Waals surface area contributed by atoms with Crippen LogP contribution >= 0.6 is 0 Å². The first-order valence-corrected chi connectivity index (χ1v) is 6.94. The summed E-state index contributed by atoms with van der Waals surface area (Å²) in [5, 5.41) is 9.15. The normalized spacial score (nSPS) is 17.5. The lowest BCUT2D eigenvalue weighted by molar-refractivity contribution is 0.224. The molecule has 0 bridgehead atoms. The molecule has 3 rings (SSSR count). The Morgan fingerprint density at radius 3 is 3.00 bits per heavy atom. The average molecular weight is 280 g/mol. The minimum atomic E-state index is 0.120. The van der Waals surface area contributed by atoms with E-state index in [4.69, 9.17) is 10.00 Å². The highest BCUT2D eigenvalue weighted by Gasteiger charge is 2.25. The molecule has 0 amide bonds. The third kappa shape index (κ3) is 2.95. The number of hydrogen-bond acceptors (Lipinski definition) is 5. The van der Waals surface area contributed by atoms with Gasteiger partial charge in [0, 0.05) is 31.1 Å². The Labute approximate surface area is 123 Å². The molecule has 0 aromatic carbocycles. The van der Waals surface area contributed by atoms with Gasteiger partial charge in [0.25, 0.3) is 0 Å². The monoisotopic (exact) mass is 280 g/mol. The molecule has 1 atom stereocenters. The topological polar surface area (TPSA) is 62.0 Å². The summed E-state index contributed by atoms with van der Waals surface area (Å²) in [6, 6.07) is 7.96. The molecule has 1 aliphatic rings. The summed E-state index contributed by atoms with van der Waals surface area (Å²) in [6.07, 6.45) is 6.13. The van der Waals surface area contributed by atoms with Crippen molar-refractivity contribution < 1.29 is 4.74 Å². The van der Waals surface area contributed by atoms with E-state index in [9.17, 15) is 0 Å². The first kappa shape index (κ1) is 13.4. The highest BCUT2D eigenvalue weighted by Crippen LogP contribution is 2.25. The lowest BCUT2D eigenvalue weighted by Gasteiger charge is -2.19. The third-order valence-electron chi connectivity index (χ3n) is 3.59. The molecule has 106 valence electrons. The maximum Gasteiger partial charge on any atom is 0.138 e. The zero-order valence-corrected chi connectivity index (χ0v) is 11.9. The van der Waals surface area contributed by atoms with Crippen LogP contribution in [0.3, 0.4) is 0 Å². The van der Waals surface area contributed by atoms with E-state index in [2.05, 4.69) is 20.9 Å². The van der Waals surface area contributed by atoms with Gasteiger partial charge in [-0.3, -0.25) is 9.97 Å². The summed E-state index contributed by atoms with van der Waals surface area (Å²) in [5.74, 6) is 0.794. The van der Waals surface area contributed by atoms with Gasteiger partial charge in [-0.1, -0.05) is 0 Å². The molecule has 1 unspecified atom stereocenters. The van der Waals surface area contributed by atoms with Crippen molar-refractivity contribution in [2.45, 2.75) is 19.4 Å². The number of pyridine rings is 2. The highest BCUT2D eigenvalue weighted by molar-refractivity contribution is 5.58. The number of aryl methyl sites for hydroxylation is 1. The predicted molar refractivity (Wildman–Crippen MR) is 79.2 cm³/mol. The number of ether oxygens (including phenoxy) is 1. The standard InChI is InChI=1S/C16H16N4O/c1-12-2-3-14(10-19-12)21-15-5-7-20(11-15)16-4-6-18-9-13(16)8-17/h2-4,6,9-10,15H,5,7,11H2,1H3. The van der Waals surface area contributed by atoms with E-state index < -0.39 is 0 Å². The van der Waals surface area contributed by atoms with E-state index >= 15 is 0 Å². The van der Waals surface area contributed by atoms with E-state index in [1.54, 1.807) is 18.6 Å². The van der Waals surface area contributed by atoms with E-state index in [0.29, 0.717) is 5.56 Å². The van der Waals surface area contributed by atoms with Crippen molar-refractivity contribution in [1.29, 1.82) is 5.26 Å². The SMILES string of the molecule is Cc1ccc(OC2CCN(c3ccncc3C#N)C2)cn1. The van der Waals surface area contributed by atoms with E-state index in [-0.39, 0.29) is 6.10 Å². The van der Waals surface area contributed by atoms with Gasteiger partial charge in [-0.25, -0.2) is 0 Å². The fourth-order valence-corrected chi connectivity index (χ4v) is 2.51. The molecule has 1 fully saturated rings. The van der Waals surface area contributed by atoms with Crippen molar-refractivity contribution in [2.24, 2.45) is 0 Å². The number of rotatable bonds is 3. The van der Waals surface area contributed by atoms with Crippen molar-refractivity contribution in [3.05, 3.63) is 48.0 Å². The largest absolute Gasteiger partial charge is 0.487 e. The summed E-state index contributed by atoms with van der Waals surface area (Å²) in [4.78, 5) is 10.4. The molecular weight excluding hydrogens is 264 g/mol. The fraction of sp³-hybridized carbons (Fsp3) is 0.312. The van der Waals surface area contributed by atoms with Crippen molar-refractivity contribution in [3.63, 3.8) is 0 Å². The summed E-state index contributed by atoms with van der Waals surface area (Å²) in [5.41, 5.74) is 2.52. The van der Waals surface area contributed by atoms with E-state index in [1.807, 2.05) is 25.1 Å². The fourth-order valence-electron chi connectivity index (χ4n) is 2.51. The maximum atomic E-state index is 9.15. The van der Waals surface area contributed by atoms with Crippen LogP contribution in [0.2, 0.25) is 0 Å². The number of hydrogen-bond donors (Lipinski definition) is 0. The third-order valence-corrected chi connectivity index (χ3v) is 3.59. The van der Waals surface area contributed by atoms with Crippen molar-refractivity contribution >= 4 is 5.69 Å². The molecule has 1 saturated heterocycles. The summed E-state index contributed by atoms with van der Waals surface area (Å²) < 4.78 is 5.95. The molecule has 0 radical (unpaired) electrons. The van der Waals surface area contributed by atoms with Crippen LogP contribution in [-0.2, 0) is 0 Å². The Kier molecular flexibility index (Phi) is 3.69. The molecule has 2 aromatic heterocycles. The molecule has 0 aliphatic carbocycles. The van der Waals surface area contributed by atoms with Crippen LogP contribution in [0.4, 0.5) is 5.69 Å². The summed E-state index contributed by atoms with van der Waals surface area (Å²) in [6.45, 7) is 3.60. The lowest BCUT2D eigenvalue weighted by Crippen LogP contribution is -2.25. The minimum absolute atomic E-state index is 0.120. The van der Waals surface area contributed by atoms with Crippen LogP contribution in [0, 0.1) is 18.3 Å². The van der Waals surface area contributed by atoms with Gasteiger partial charge in [-0.05, 0) is 25.1 Å². The van der Waals surface area contributed by atoms with E-state index in [1.165, 1.54) is 0 Å². The van der Waals surface area contributed by atoms with Crippen molar-refractivity contribution in [3.8, 4) is 11.8 Å². The Balaban J connectivity index is 1.68. The zero-order chi connectivity index (χ0) is 14.7. The molecule has 1 aliphatic heterocycles. The van der Waals surface area contributed by atoms with Gasteiger partial charge in [0.15, 0.2) is 0 Å². The van der Waals surface area contributed by atoms with Crippen LogP contribution in [-0.4, -0.2) is 29.2 Å². The highest BCUT2D eigenvalue weighted by atomic mass is 16.5. The summed E-state index contributed by atoms with van der Waals surface area (Å²) >= 11 is 0. The number of nitrogens with zero attached hydrogens (tertiary/aromatic N) is 4. The van der Waals surface area contributed by atoms with Crippen LogP contribution < -0.4 is 9.64 Å². The van der Waals surface area contributed by atoms with Gasteiger partial charge in [-0.15, -0.1) is 0 Å². The van der Waals surface area contributed by atoms with Crippen molar-refractivity contribution in [2.75, 3.05) is 18.0 Å². The van der Waals surface area contributed by atoms with E-state index in [0.717, 1.165) is 36.6 Å². The molecule has 0 N–H and O–H groups in total. The first-order chi connectivity index (χ1) is 10.3. The molecule has 5 nitrogen and oxygen atoms in total. The maximum absolute atomic E-state index is 9.15. The summed E-state index contributed by atoms with van der Waals surface area (Å²) in [7, 11) is 0. The molecule has 21 heavy (non-hydrogen) atoms. The lowest BCUT2D eigenvalue weighted by atomic mass is 10.2. The molecular formula is C16H16N4O. The quantitative estimate of drug-likeness (QED) is 0.863. The number of anilines is 1. The van der Waals surface area contributed by atoms with Gasteiger partial charge < -0.3 is 9.64 Å². The second kappa shape index (κ2) is 5.80. The second-order valence-corrected chi connectivity index (χ2v) is 5.11. The van der Waals surface area contributed by atoms with Gasteiger partial charge in [0.1, 0.15) is 17.9 Å². The zero-order valence-electron chi connectivity index (χ0n) is 11.9. The van der Waals surface area contributed by atoms with Crippen LogP contribution in [0.1, 0.15) is 17.7 Å². The van der Waals surface area contributed by atoms with Crippen molar-refractivity contribution in [1.82, 2.24) is 9.97 Å². The molecule has 0 saturated carbocycles. The minimum Gasteiger partial charge on any atom is -0.487 e. The molecule has 5 heteroatoms. The number of aromatic nitrogens is 2. The van der Waals surface area contributed by atoms with Crippen LogP contribution in [0.15, 0.2) is 36.8 Å². The Bertz CT molecular complexity index is 663. The average Bonchev–Trinajstić information content (AvgIpc) is 2.98. The van der Waals surface area contributed by atoms with Gasteiger partial charge in [0.2, 0.25) is 0 Å². The van der Waals surface area contributed by atoms with Crippen LogP contribution in [0.5, 0.6) is 5.75 Å². The number of nitriles is 1. The predicted octanol–water partition coefficient (Wildman–Crippen LogP) is 2.31. The van der Waals surface area contributed by atoms with Gasteiger partial charge >= 0.3 is 0 Å². The Morgan fingerprint density at radius 2 is 2.24 bits per heavy atom. The Morgan fingerprint density at radius 1 is 1.33 bits per heavy atom. The second-order valence-electron chi connectivity index (χ2n) is 5.11.